The van der Waals surface area contributed by atoms with E-state index in [1.165, 1.54) is 30.4 Å². The van der Waals surface area contributed by atoms with Crippen LogP contribution in [0, 0.1) is 0 Å². The van der Waals surface area contributed by atoms with Gasteiger partial charge in [-0.3, -0.25) is 4.48 Å². The lowest BCUT2D eigenvalue weighted by molar-refractivity contribution is 0.385. The number of para-hydroxylation sites is 1. The minimum absolute atomic E-state index is 1.21. The molecule has 1 aromatic rings. The lowest BCUT2D eigenvalue weighted by Gasteiger charge is -2.24. The second kappa shape index (κ2) is 1.91. The molecular formula is C11H14N+. The lowest BCUT2D eigenvalue weighted by Crippen LogP contribution is -2.41. The smallest absolute Gasteiger partial charge is 0.139 e. The average Bonchev–Trinajstić information content (AvgIpc) is 2.58. The Morgan fingerprint density at radius 1 is 1.08 bits per heavy atom. The molecular weight excluding hydrogens is 146 g/mol. The fourth-order valence-corrected chi connectivity index (χ4v) is 2.81. The molecule has 0 atom stereocenters. The van der Waals surface area contributed by atoms with Gasteiger partial charge in [-0.2, -0.15) is 0 Å². The van der Waals surface area contributed by atoms with Crippen LogP contribution >= 0.6 is 0 Å². The number of hydrogen-bond donors (Lipinski definition) is 0. The van der Waals surface area contributed by atoms with Gasteiger partial charge in [-0.05, 0) is 0 Å². The van der Waals surface area contributed by atoms with Gasteiger partial charge in [0, 0.05) is 24.0 Å². The summed E-state index contributed by atoms with van der Waals surface area (Å²) in [6, 6.07) is 6.82. The van der Waals surface area contributed by atoms with Crippen molar-refractivity contribution >= 4 is 5.69 Å². The third-order valence-electron chi connectivity index (χ3n) is 3.49. The second-order valence-corrected chi connectivity index (χ2v) is 4.27. The molecule has 3 rings (SSSR count). The third kappa shape index (κ3) is 0.632. The van der Waals surface area contributed by atoms with Gasteiger partial charge in [-0.15, -0.1) is 0 Å². The normalized spacial score (nSPS) is 22.8. The first-order chi connectivity index (χ1) is 5.80. The van der Waals surface area contributed by atoms with Crippen LogP contribution in [-0.4, -0.2) is 20.1 Å². The first kappa shape index (κ1) is 6.67. The molecule has 12 heavy (non-hydrogen) atoms. The largest absolute Gasteiger partial charge is 0.293 e. The summed E-state index contributed by atoms with van der Waals surface area (Å²) in [6.07, 6.45) is 2.58. The zero-order chi connectivity index (χ0) is 8.18. The Morgan fingerprint density at radius 3 is 2.25 bits per heavy atom. The van der Waals surface area contributed by atoms with Crippen molar-refractivity contribution in [2.24, 2.45) is 0 Å². The SMILES string of the molecule is C[N+]12CCc3cccc(c31)CC2. The molecule has 0 saturated carbocycles. The minimum atomic E-state index is 1.21. The Hall–Kier alpha value is -0.820. The molecule has 0 N–H and O–H groups in total. The maximum Gasteiger partial charge on any atom is 0.139 e. The Morgan fingerprint density at radius 2 is 1.67 bits per heavy atom. The third-order valence-corrected chi connectivity index (χ3v) is 3.49. The van der Waals surface area contributed by atoms with E-state index in [0.29, 0.717) is 0 Å². The van der Waals surface area contributed by atoms with Crippen molar-refractivity contribution in [3.05, 3.63) is 29.3 Å². The number of benzene rings is 1. The monoisotopic (exact) mass is 160 g/mol. The van der Waals surface area contributed by atoms with Gasteiger partial charge in [-0.25, -0.2) is 0 Å². The summed E-state index contributed by atoms with van der Waals surface area (Å²) in [7, 11) is 2.38. The van der Waals surface area contributed by atoms with Crippen molar-refractivity contribution in [2.45, 2.75) is 12.8 Å². The molecule has 0 unspecified atom stereocenters. The maximum atomic E-state index is 2.38. The van der Waals surface area contributed by atoms with Crippen LogP contribution in [0.1, 0.15) is 11.1 Å². The highest BCUT2D eigenvalue weighted by Crippen LogP contribution is 2.41. The number of nitrogens with zero attached hydrogens (tertiary/aromatic N) is 1. The van der Waals surface area contributed by atoms with Crippen molar-refractivity contribution in [1.29, 1.82) is 0 Å². The van der Waals surface area contributed by atoms with Crippen LogP contribution in [0.4, 0.5) is 5.69 Å². The maximum absolute atomic E-state index is 2.38. The van der Waals surface area contributed by atoms with Crippen LogP contribution in [0.2, 0.25) is 0 Å². The standard InChI is InChI=1S/C11H14N/c1-12-7-5-9-3-2-4-10(6-8-12)11(9)12/h2-4H,5-8H2,1H3/q+1. The van der Waals surface area contributed by atoms with Crippen molar-refractivity contribution in [1.82, 2.24) is 4.48 Å². The van der Waals surface area contributed by atoms with E-state index < -0.39 is 0 Å². The molecule has 0 radical (unpaired) electrons. The fourth-order valence-electron chi connectivity index (χ4n) is 2.81. The molecule has 2 aliphatic rings. The predicted octanol–water partition coefficient (Wildman–Crippen LogP) is 1.74. The summed E-state index contributed by atoms with van der Waals surface area (Å²) >= 11 is 0. The average molecular weight is 160 g/mol. The molecule has 62 valence electrons. The Labute approximate surface area is 73.2 Å². The molecule has 0 amide bonds. The van der Waals surface area contributed by atoms with Crippen molar-refractivity contribution in [2.75, 3.05) is 20.1 Å². The highest BCUT2D eigenvalue weighted by molar-refractivity contribution is 5.63. The van der Waals surface area contributed by atoms with Gasteiger partial charge in [-0.1, -0.05) is 18.2 Å². The van der Waals surface area contributed by atoms with Crippen LogP contribution < -0.4 is 4.48 Å². The van der Waals surface area contributed by atoms with Crippen molar-refractivity contribution in [3.63, 3.8) is 0 Å². The Balaban J connectivity index is 2.33. The minimum Gasteiger partial charge on any atom is -0.293 e. The second-order valence-electron chi connectivity index (χ2n) is 4.27. The first-order valence-electron chi connectivity index (χ1n) is 4.75. The predicted molar refractivity (Wildman–Crippen MR) is 51.3 cm³/mol. The van der Waals surface area contributed by atoms with Crippen molar-refractivity contribution < 1.29 is 0 Å². The van der Waals surface area contributed by atoms with E-state index in [9.17, 15) is 0 Å². The van der Waals surface area contributed by atoms with Gasteiger partial charge in [0.15, 0.2) is 0 Å². The van der Waals surface area contributed by atoms with Crippen LogP contribution in [0.3, 0.4) is 0 Å². The number of hydrogen-bond acceptors (Lipinski definition) is 0. The highest BCUT2D eigenvalue weighted by atomic mass is 15.4. The molecule has 1 heteroatoms. The van der Waals surface area contributed by atoms with Gasteiger partial charge in [0.05, 0.1) is 20.1 Å². The topological polar surface area (TPSA) is 0 Å². The highest BCUT2D eigenvalue weighted by Gasteiger charge is 2.40. The molecule has 1 aromatic carbocycles. The molecule has 1 nitrogen and oxygen atoms in total. The molecule has 0 fully saturated rings. The van der Waals surface area contributed by atoms with Gasteiger partial charge in [0.2, 0.25) is 0 Å². The fraction of sp³-hybridized carbons (Fsp3) is 0.455. The van der Waals surface area contributed by atoms with Gasteiger partial charge < -0.3 is 0 Å². The summed E-state index contributed by atoms with van der Waals surface area (Å²) in [5.41, 5.74) is 4.86. The van der Waals surface area contributed by atoms with E-state index in [4.69, 9.17) is 0 Å². The van der Waals surface area contributed by atoms with Crippen LogP contribution in [0.5, 0.6) is 0 Å². The molecule has 0 spiro atoms. The van der Waals surface area contributed by atoms with E-state index >= 15 is 0 Å². The molecule has 2 aliphatic heterocycles. The Kier molecular flexibility index (Phi) is 1.06. The summed E-state index contributed by atoms with van der Waals surface area (Å²) in [5, 5.41) is 0. The summed E-state index contributed by atoms with van der Waals surface area (Å²) in [4.78, 5) is 0. The summed E-state index contributed by atoms with van der Waals surface area (Å²) in [5.74, 6) is 0. The molecule has 0 aliphatic carbocycles. The number of rotatable bonds is 0. The van der Waals surface area contributed by atoms with Crippen molar-refractivity contribution in [3.8, 4) is 0 Å². The first-order valence-corrected chi connectivity index (χ1v) is 4.75. The van der Waals surface area contributed by atoms with Gasteiger partial charge in [0.25, 0.3) is 0 Å². The van der Waals surface area contributed by atoms with Crippen LogP contribution in [0.25, 0.3) is 0 Å². The molecule has 0 bridgehead atoms. The van der Waals surface area contributed by atoms with E-state index in [1.54, 1.807) is 16.8 Å². The van der Waals surface area contributed by atoms with Gasteiger partial charge >= 0.3 is 0 Å². The summed E-state index contributed by atoms with van der Waals surface area (Å²) < 4.78 is 1.21. The van der Waals surface area contributed by atoms with E-state index in [2.05, 4.69) is 25.2 Å². The van der Waals surface area contributed by atoms with Crippen LogP contribution in [-0.2, 0) is 12.8 Å². The zero-order valence-corrected chi connectivity index (χ0v) is 7.51. The van der Waals surface area contributed by atoms with Crippen LogP contribution in [0.15, 0.2) is 18.2 Å². The number of quaternary nitrogens is 1. The van der Waals surface area contributed by atoms with E-state index in [-0.39, 0.29) is 0 Å². The van der Waals surface area contributed by atoms with Gasteiger partial charge in [0.1, 0.15) is 5.69 Å². The Bertz CT molecular complexity index is 315. The molecule has 0 saturated heterocycles. The quantitative estimate of drug-likeness (QED) is 0.507. The van der Waals surface area contributed by atoms with E-state index in [0.717, 1.165) is 0 Å². The van der Waals surface area contributed by atoms with E-state index in [1.807, 2.05) is 0 Å². The molecule has 0 aromatic heterocycles. The zero-order valence-electron chi connectivity index (χ0n) is 7.51. The lowest BCUT2D eigenvalue weighted by atomic mass is 10.1. The number of likely N-dealkylation sites (N-methyl/N-ethyl adjacent to an activating group) is 1. The summed E-state index contributed by atoms with van der Waals surface area (Å²) in [6.45, 7) is 2.65. The molecule has 2 heterocycles.